The molecule has 70 valence electrons. The van der Waals surface area contributed by atoms with Crippen LogP contribution >= 0.6 is 11.6 Å². The molecule has 0 fully saturated rings. The first-order valence-electron chi connectivity index (χ1n) is 3.67. The third kappa shape index (κ3) is 2.42. The lowest BCUT2D eigenvalue weighted by atomic mass is 10.1. The average Bonchev–Trinajstić information content (AvgIpc) is 1.99. The van der Waals surface area contributed by atoms with Gasteiger partial charge in [-0.05, 0) is 24.1 Å². The molecule has 0 aliphatic heterocycles. The van der Waals surface area contributed by atoms with Gasteiger partial charge in [0.2, 0.25) is 0 Å². The predicted molar refractivity (Wildman–Crippen MR) is 47.5 cm³/mol. The van der Waals surface area contributed by atoms with Crippen molar-refractivity contribution in [2.75, 3.05) is 0 Å². The van der Waals surface area contributed by atoms with Crippen molar-refractivity contribution in [1.82, 2.24) is 0 Å². The van der Waals surface area contributed by atoms with Gasteiger partial charge in [-0.25, -0.2) is 4.39 Å². The van der Waals surface area contributed by atoms with Gasteiger partial charge in [0.05, 0.1) is 6.42 Å². The maximum atomic E-state index is 12.9. The van der Waals surface area contributed by atoms with Crippen LogP contribution in [-0.4, -0.2) is 11.1 Å². The summed E-state index contributed by atoms with van der Waals surface area (Å²) in [5.41, 5.74) is 0.841. The molecule has 0 heterocycles. The fraction of sp³-hybridized carbons (Fsp3) is 0.222. The molecule has 0 saturated carbocycles. The molecule has 2 nitrogen and oxygen atoms in total. The van der Waals surface area contributed by atoms with Crippen molar-refractivity contribution in [3.05, 3.63) is 34.1 Å². The van der Waals surface area contributed by atoms with E-state index in [1.807, 2.05) is 0 Å². The highest BCUT2D eigenvalue weighted by molar-refractivity contribution is 6.31. The van der Waals surface area contributed by atoms with Crippen LogP contribution in [0.15, 0.2) is 12.1 Å². The lowest BCUT2D eigenvalue weighted by molar-refractivity contribution is -0.136. The van der Waals surface area contributed by atoms with Gasteiger partial charge in [0, 0.05) is 5.02 Å². The Hall–Kier alpha value is -1.09. The quantitative estimate of drug-likeness (QED) is 0.800. The number of hydrogen-bond acceptors (Lipinski definition) is 1. The van der Waals surface area contributed by atoms with E-state index in [4.69, 9.17) is 16.7 Å². The summed E-state index contributed by atoms with van der Waals surface area (Å²) in [6.45, 7) is 1.57. The molecule has 1 N–H and O–H groups in total. The lowest BCUT2D eigenvalue weighted by Crippen LogP contribution is -2.01. The smallest absolute Gasteiger partial charge is 0.307 e. The molecule has 0 spiro atoms. The molecule has 0 unspecified atom stereocenters. The summed E-state index contributed by atoms with van der Waals surface area (Å²) in [6.07, 6.45) is -0.181. The maximum absolute atomic E-state index is 12.9. The molecule has 13 heavy (non-hydrogen) atoms. The summed E-state index contributed by atoms with van der Waals surface area (Å²) in [6, 6.07) is 2.58. The van der Waals surface area contributed by atoms with Crippen LogP contribution in [0.25, 0.3) is 0 Å². The van der Waals surface area contributed by atoms with Crippen molar-refractivity contribution in [2.24, 2.45) is 0 Å². The maximum Gasteiger partial charge on any atom is 0.307 e. The Labute approximate surface area is 80.0 Å². The number of hydrogen-bond donors (Lipinski definition) is 1. The first-order valence-corrected chi connectivity index (χ1v) is 4.05. The van der Waals surface area contributed by atoms with E-state index in [1.54, 1.807) is 6.92 Å². The van der Waals surface area contributed by atoms with Crippen LogP contribution in [0, 0.1) is 12.7 Å². The van der Waals surface area contributed by atoms with Crippen molar-refractivity contribution in [3.63, 3.8) is 0 Å². The first-order chi connectivity index (χ1) is 6.00. The van der Waals surface area contributed by atoms with Gasteiger partial charge in [-0.2, -0.15) is 0 Å². The van der Waals surface area contributed by atoms with E-state index in [0.717, 1.165) is 6.07 Å². The molecule has 1 rings (SSSR count). The Kier molecular flexibility index (Phi) is 2.88. The molecule has 0 aliphatic rings. The van der Waals surface area contributed by atoms with Crippen LogP contribution in [-0.2, 0) is 11.2 Å². The largest absolute Gasteiger partial charge is 0.481 e. The van der Waals surface area contributed by atoms with Crippen molar-refractivity contribution in [2.45, 2.75) is 13.3 Å². The number of carbonyl (C=O) groups is 1. The third-order valence-electron chi connectivity index (χ3n) is 1.67. The van der Waals surface area contributed by atoms with Crippen molar-refractivity contribution < 1.29 is 14.3 Å². The van der Waals surface area contributed by atoms with Crippen molar-refractivity contribution >= 4 is 17.6 Å². The Balaban J connectivity index is 3.08. The lowest BCUT2D eigenvalue weighted by Gasteiger charge is -2.03. The van der Waals surface area contributed by atoms with Crippen LogP contribution in [0.4, 0.5) is 4.39 Å². The third-order valence-corrected chi connectivity index (χ3v) is 2.02. The van der Waals surface area contributed by atoms with Crippen molar-refractivity contribution in [3.8, 4) is 0 Å². The van der Waals surface area contributed by atoms with Gasteiger partial charge in [-0.15, -0.1) is 0 Å². The Morgan fingerprint density at radius 3 is 2.77 bits per heavy atom. The van der Waals surface area contributed by atoms with E-state index >= 15 is 0 Å². The molecule has 1 aromatic rings. The van der Waals surface area contributed by atoms with Crippen molar-refractivity contribution in [1.29, 1.82) is 0 Å². The Morgan fingerprint density at radius 1 is 1.62 bits per heavy atom. The van der Waals surface area contributed by atoms with Crippen LogP contribution in [0.2, 0.25) is 5.02 Å². The van der Waals surface area contributed by atoms with Gasteiger partial charge in [0.1, 0.15) is 5.82 Å². The standard InChI is InChI=1S/C9H8ClFO2/c1-5-2-6(3-9(12)13)7(10)4-8(5)11/h2,4H,3H2,1H3,(H,12,13). The molecule has 0 radical (unpaired) electrons. The average molecular weight is 203 g/mol. The summed E-state index contributed by atoms with van der Waals surface area (Å²) in [5, 5.41) is 8.66. The number of aryl methyl sites for hydroxylation is 1. The highest BCUT2D eigenvalue weighted by atomic mass is 35.5. The molecule has 0 aromatic heterocycles. The van der Waals surface area contributed by atoms with E-state index < -0.39 is 11.8 Å². The number of carboxylic acid groups (broad SMARTS) is 1. The molecule has 0 amide bonds. The van der Waals surface area contributed by atoms with Gasteiger partial charge in [-0.1, -0.05) is 17.7 Å². The van der Waals surface area contributed by atoms with Gasteiger partial charge < -0.3 is 5.11 Å². The number of halogens is 2. The van der Waals surface area contributed by atoms with Gasteiger partial charge in [0.25, 0.3) is 0 Å². The van der Waals surface area contributed by atoms with Crippen LogP contribution < -0.4 is 0 Å². The molecule has 0 aliphatic carbocycles. The van der Waals surface area contributed by atoms with Crippen LogP contribution in [0.3, 0.4) is 0 Å². The van der Waals surface area contributed by atoms with E-state index in [2.05, 4.69) is 0 Å². The molecule has 0 bridgehead atoms. The summed E-state index contributed by atoms with van der Waals surface area (Å²) >= 11 is 5.64. The zero-order valence-electron chi connectivity index (χ0n) is 6.97. The topological polar surface area (TPSA) is 37.3 Å². The second-order valence-corrected chi connectivity index (χ2v) is 3.17. The first kappa shape index (κ1) is 9.99. The number of benzene rings is 1. The molecular weight excluding hydrogens is 195 g/mol. The zero-order chi connectivity index (χ0) is 10.0. The summed E-state index contributed by atoms with van der Waals surface area (Å²) in [4.78, 5) is 10.4. The van der Waals surface area contributed by atoms with E-state index in [1.165, 1.54) is 6.07 Å². The fourth-order valence-corrected chi connectivity index (χ4v) is 1.23. The molecule has 0 saturated heterocycles. The molecule has 0 atom stereocenters. The summed E-state index contributed by atoms with van der Waals surface area (Å²) < 4.78 is 12.9. The van der Waals surface area contributed by atoms with E-state index in [9.17, 15) is 9.18 Å². The number of carboxylic acids is 1. The molecular formula is C9H8ClFO2. The normalized spacial score (nSPS) is 10.1. The van der Waals surface area contributed by atoms with Crippen LogP contribution in [0.1, 0.15) is 11.1 Å². The highest BCUT2D eigenvalue weighted by Gasteiger charge is 2.08. The number of aliphatic carboxylic acids is 1. The Morgan fingerprint density at radius 2 is 2.23 bits per heavy atom. The summed E-state index contributed by atoms with van der Waals surface area (Å²) in [7, 11) is 0. The predicted octanol–water partition coefficient (Wildman–Crippen LogP) is 2.41. The minimum atomic E-state index is -0.979. The highest BCUT2D eigenvalue weighted by Crippen LogP contribution is 2.20. The minimum absolute atomic E-state index is 0.158. The van der Waals surface area contributed by atoms with E-state index in [0.29, 0.717) is 11.1 Å². The monoisotopic (exact) mass is 202 g/mol. The summed E-state index contributed by atoms with van der Waals surface area (Å²) in [5.74, 6) is -1.40. The van der Waals surface area contributed by atoms with Crippen LogP contribution in [0.5, 0.6) is 0 Å². The minimum Gasteiger partial charge on any atom is -0.481 e. The molecule has 1 aromatic carbocycles. The van der Waals surface area contributed by atoms with Gasteiger partial charge in [-0.3, -0.25) is 4.79 Å². The molecule has 4 heteroatoms. The Bertz CT molecular complexity index is 350. The van der Waals surface area contributed by atoms with Gasteiger partial charge in [0.15, 0.2) is 0 Å². The fourth-order valence-electron chi connectivity index (χ4n) is 1.02. The second kappa shape index (κ2) is 3.75. The number of rotatable bonds is 2. The SMILES string of the molecule is Cc1cc(CC(=O)O)c(Cl)cc1F. The van der Waals surface area contributed by atoms with Gasteiger partial charge >= 0.3 is 5.97 Å². The zero-order valence-corrected chi connectivity index (χ0v) is 7.73. The van der Waals surface area contributed by atoms with E-state index in [-0.39, 0.29) is 11.4 Å². The second-order valence-electron chi connectivity index (χ2n) is 2.76.